The molecule has 1 aliphatic heterocycles. The van der Waals surface area contributed by atoms with Crippen LogP contribution in [0.1, 0.15) is 13.3 Å². The number of ether oxygens (including phenoxy) is 1. The Morgan fingerprint density at radius 2 is 2.07 bits per heavy atom. The smallest absolute Gasteiger partial charge is 0.306 e. The van der Waals surface area contributed by atoms with Crippen LogP contribution in [0.2, 0.25) is 0 Å². The Kier molecular flexibility index (Phi) is 7.13. The van der Waals surface area contributed by atoms with Crippen LogP contribution < -0.4 is 0 Å². The van der Waals surface area contributed by atoms with Crippen LogP contribution in [-0.4, -0.2) is 48.8 Å². The van der Waals surface area contributed by atoms with Gasteiger partial charge < -0.3 is 9.84 Å². The van der Waals surface area contributed by atoms with E-state index in [2.05, 4.69) is 4.90 Å². The van der Waals surface area contributed by atoms with Crippen molar-refractivity contribution < 1.29 is 14.6 Å². The van der Waals surface area contributed by atoms with E-state index < -0.39 is 5.97 Å². The van der Waals surface area contributed by atoms with Gasteiger partial charge in [-0.1, -0.05) is 6.92 Å². The summed E-state index contributed by atoms with van der Waals surface area (Å²) in [6.07, 6.45) is 0.731. The number of nitrogens with zero attached hydrogens (tertiary/aromatic N) is 1. The number of carboxylic acids is 1. The molecule has 1 fully saturated rings. The zero-order valence-corrected chi connectivity index (χ0v) is 10.2. The lowest BCUT2D eigenvalue weighted by atomic mass is 10.1. The molecule has 1 rings (SSSR count). The molecule has 0 spiro atoms. The molecular formula is C9H18BrNO3. The summed E-state index contributed by atoms with van der Waals surface area (Å²) in [5, 5.41) is 8.67. The fraction of sp³-hybridized carbons (Fsp3) is 0.889. The van der Waals surface area contributed by atoms with Gasteiger partial charge in [0.1, 0.15) is 0 Å². The predicted molar refractivity (Wildman–Crippen MR) is 59.0 cm³/mol. The lowest BCUT2D eigenvalue weighted by molar-refractivity contribution is -0.141. The molecule has 4 nitrogen and oxygen atoms in total. The fourth-order valence-electron chi connectivity index (χ4n) is 1.32. The minimum absolute atomic E-state index is 0. The monoisotopic (exact) mass is 267 g/mol. The van der Waals surface area contributed by atoms with Crippen molar-refractivity contribution in [2.45, 2.75) is 13.3 Å². The van der Waals surface area contributed by atoms with E-state index >= 15 is 0 Å². The second-order valence-corrected chi connectivity index (χ2v) is 3.48. The Morgan fingerprint density at radius 3 is 2.57 bits per heavy atom. The summed E-state index contributed by atoms with van der Waals surface area (Å²) in [5.74, 6) is -0.934. The van der Waals surface area contributed by atoms with Crippen LogP contribution in [-0.2, 0) is 9.53 Å². The maximum Gasteiger partial charge on any atom is 0.306 e. The van der Waals surface area contributed by atoms with Gasteiger partial charge in [0.05, 0.1) is 19.1 Å². The topological polar surface area (TPSA) is 49.8 Å². The molecule has 84 valence electrons. The van der Waals surface area contributed by atoms with Gasteiger partial charge in [0.25, 0.3) is 0 Å². The van der Waals surface area contributed by atoms with E-state index in [0.717, 1.165) is 39.3 Å². The Labute approximate surface area is 95.0 Å². The lowest BCUT2D eigenvalue weighted by Gasteiger charge is -2.26. The number of carbonyl (C=O) groups is 1. The molecule has 0 bridgehead atoms. The zero-order chi connectivity index (χ0) is 9.68. The summed E-state index contributed by atoms with van der Waals surface area (Å²) in [7, 11) is 0. The summed E-state index contributed by atoms with van der Waals surface area (Å²) in [6.45, 7) is 6.06. The lowest BCUT2D eigenvalue weighted by Crippen LogP contribution is -2.37. The van der Waals surface area contributed by atoms with Crippen LogP contribution >= 0.6 is 17.0 Å². The Balaban J connectivity index is 0.00000169. The van der Waals surface area contributed by atoms with Crippen LogP contribution in [0.15, 0.2) is 0 Å². The molecule has 0 saturated carbocycles. The number of rotatable bonds is 4. The number of hydrogen-bond donors (Lipinski definition) is 1. The van der Waals surface area contributed by atoms with Crippen molar-refractivity contribution in [2.24, 2.45) is 5.92 Å². The van der Waals surface area contributed by atoms with Gasteiger partial charge in [-0.25, -0.2) is 0 Å². The van der Waals surface area contributed by atoms with Crippen molar-refractivity contribution >= 4 is 23.0 Å². The molecule has 1 atom stereocenters. The standard InChI is InChI=1S/C9H17NO3.BrH/c1-8(9(11)12)2-3-10-4-6-13-7-5-10;/h8H,2-7H2,1H3,(H,11,12);1H. The quantitative estimate of drug-likeness (QED) is 0.826. The van der Waals surface area contributed by atoms with Gasteiger partial charge in [-0.15, -0.1) is 17.0 Å². The molecule has 0 amide bonds. The Morgan fingerprint density at radius 1 is 1.50 bits per heavy atom. The highest BCUT2D eigenvalue weighted by Gasteiger charge is 2.14. The number of aliphatic carboxylic acids is 1. The van der Waals surface area contributed by atoms with Gasteiger partial charge in [0.2, 0.25) is 0 Å². The normalized spacial score (nSPS) is 19.8. The summed E-state index contributed by atoms with van der Waals surface area (Å²) >= 11 is 0. The van der Waals surface area contributed by atoms with Gasteiger partial charge in [-0.2, -0.15) is 0 Å². The maximum absolute atomic E-state index is 10.5. The second-order valence-electron chi connectivity index (χ2n) is 3.48. The highest BCUT2D eigenvalue weighted by molar-refractivity contribution is 8.93. The largest absolute Gasteiger partial charge is 0.481 e. The molecule has 0 aromatic carbocycles. The summed E-state index contributed by atoms with van der Waals surface area (Å²) < 4.78 is 5.20. The molecule has 1 aliphatic rings. The van der Waals surface area contributed by atoms with E-state index in [9.17, 15) is 4.79 Å². The van der Waals surface area contributed by atoms with E-state index in [1.54, 1.807) is 6.92 Å². The molecule has 0 radical (unpaired) electrons. The predicted octanol–water partition coefficient (Wildman–Crippen LogP) is 1.01. The van der Waals surface area contributed by atoms with Gasteiger partial charge in [-0.3, -0.25) is 9.69 Å². The fourth-order valence-corrected chi connectivity index (χ4v) is 1.32. The average Bonchev–Trinajstić information content (AvgIpc) is 2.15. The van der Waals surface area contributed by atoms with Crippen LogP contribution in [0.4, 0.5) is 0 Å². The Bertz CT molecular complexity index is 171. The van der Waals surface area contributed by atoms with Crippen molar-refractivity contribution in [3.8, 4) is 0 Å². The number of morpholine rings is 1. The number of hydrogen-bond acceptors (Lipinski definition) is 3. The highest BCUT2D eigenvalue weighted by atomic mass is 79.9. The van der Waals surface area contributed by atoms with Gasteiger partial charge in [0, 0.05) is 13.1 Å². The van der Waals surface area contributed by atoms with Crippen LogP contribution in [0.5, 0.6) is 0 Å². The van der Waals surface area contributed by atoms with Crippen LogP contribution in [0, 0.1) is 5.92 Å². The zero-order valence-electron chi connectivity index (χ0n) is 8.44. The van der Waals surface area contributed by atoms with Gasteiger partial charge in [0.15, 0.2) is 0 Å². The van der Waals surface area contributed by atoms with Crippen molar-refractivity contribution in [3.05, 3.63) is 0 Å². The number of carboxylic acid groups (broad SMARTS) is 1. The molecule has 14 heavy (non-hydrogen) atoms. The third-order valence-electron chi connectivity index (χ3n) is 2.40. The first-order chi connectivity index (χ1) is 6.20. The maximum atomic E-state index is 10.5. The molecule has 1 heterocycles. The van der Waals surface area contributed by atoms with E-state index in [4.69, 9.17) is 9.84 Å². The number of halogens is 1. The van der Waals surface area contributed by atoms with Crippen molar-refractivity contribution in [1.29, 1.82) is 0 Å². The molecule has 0 aliphatic carbocycles. The molecule has 5 heteroatoms. The molecule has 1 N–H and O–H groups in total. The first-order valence-corrected chi connectivity index (χ1v) is 4.73. The minimum Gasteiger partial charge on any atom is -0.481 e. The first-order valence-electron chi connectivity index (χ1n) is 4.73. The first kappa shape index (κ1) is 13.9. The van der Waals surface area contributed by atoms with E-state index in [0.29, 0.717) is 0 Å². The van der Waals surface area contributed by atoms with Crippen LogP contribution in [0.25, 0.3) is 0 Å². The molecular weight excluding hydrogens is 250 g/mol. The highest BCUT2D eigenvalue weighted by Crippen LogP contribution is 2.05. The third kappa shape index (κ3) is 4.93. The van der Waals surface area contributed by atoms with E-state index in [1.165, 1.54) is 0 Å². The average molecular weight is 268 g/mol. The molecule has 1 saturated heterocycles. The van der Waals surface area contributed by atoms with E-state index in [1.807, 2.05) is 0 Å². The summed E-state index contributed by atoms with van der Waals surface area (Å²) in [5.41, 5.74) is 0. The van der Waals surface area contributed by atoms with E-state index in [-0.39, 0.29) is 22.9 Å². The minimum atomic E-state index is -0.701. The summed E-state index contributed by atoms with van der Waals surface area (Å²) in [4.78, 5) is 12.8. The second kappa shape index (κ2) is 7.20. The van der Waals surface area contributed by atoms with Crippen molar-refractivity contribution in [2.75, 3.05) is 32.8 Å². The molecule has 0 aromatic heterocycles. The van der Waals surface area contributed by atoms with Gasteiger partial charge in [-0.05, 0) is 13.0 Å². The third-order valence-corrected chi connectivity index (χ3v) is 2.40. The SMILES string of the molecule is Br.CC(CCN1CCOCC1)C(=O)O. The van der Waals surface area contributed by atoms with Crippen molar-refractivity contribution in [1.82, 2.24) is 4.90 Å². The molecule has 1 unspecified atom stereocenters. The van der Waals surface area contributed by atoms with Gasteiger partial charge >= 0.3 is 5.97 Å². The summed E-state index contributed by atoms with van der Waals surface area (Å²) in [6, 6.07) is 0. The van der Waals surface area contributed by atoms with Crippen molar-refractivity contribution in [3.63, 3.8) is 0 Å². The Hall–Kier alpha value is -0.130. The molecule has 0 aromatic rings. The van der Waals surface area contributed by atoms with Crippen LogP contribution in [0.3, 0.4) is 0 Å².